The second kappa shape index (κ2) is 7.00. The normalized spacial score (nSPS) is 10.4. The lowest BCUT2D eigenvalue weighted by Crippen LogP contribution is -2.14. The Hall–Kier alpha value is -2.47. The first kappa shape index (κ1) is 15.9. The SMILES string of the molecule is Cc1cc(C(=O)Nc2ccc(OCCO)cc2)c(F)cc1F. The molecule has 0 saturated carbocycles. The lowest BCUT2D eigenvalue weighted by molar-refractivity contribution is 0.102. The van der Waals surface area contributed by atoms with Crippen LogP contribution in [-0.2, 0) is 0 Å². The van der Waals surface area contributed by atoms with Crippen LogP contribution >= 0.6 is 0 Å². The van der Waals surface area contributed by atoms with Gasteiger partial charge >= 0.3 is 0 Å². The van der Waals surface area contributed by atoms with Gasteiger partial charge in [0.25, 0.3) is 5.91 Å². The molecule has 2 aromatic rings. The van der Waals surface area contributed by atoms with E-state index in [-0.39, 0.29) is 24.3 Å². The molecule has 0 saturated heterocycles. The average Bonchev–Trinajstić information content (AvgIpc) is 2.50. The third-order valence-electron chi connectivity index (χ3n) is 2.97. The Labute approximate surface area is 126 Å². The lowest BCUT2D eigenvalue weighted by atomic mass is 10.1. The summed E-state index contributed by atoms with van der Waals surface area (Å²) in [5.41, 5.74) is 0.418. The standard InChI is InChI=1S/C16H15F2NO3/c1-10-8-13(15(18)9-14(10)17)16(21)19-11-2-4-12(5-3-11)22-7-6-20/h2-5,8-9,20H,6-7H2,1H3,(H,19,21). The predicted molar refractivity (Wildman–Crippen MR) is 78.1 cm³/mol. The van der Waals surface area contributed by atoms with Crippen molar-refractivity contribution in [2.45, 2.75) is 6.92 Å². The number of benzene rings is 2. The molecular weight excluding hydrogens is 292 g/mol. The van der Waals surface area contributed by atoms with E-state index < -0.39 is 17.5 Å². The summed E-state index contributed by atoms with van der Waals surface area (Å²) in [5.74, 6) is -1.73. The Morgan fingerprint density at radius 3 is 2.50 bits per heavy atom. The van der Waals surface area contributed by atoms with Crippen LogP contribution in [0.5, 0.6) is 5.75 Å². The van der Waals surface area contributed by atoms with Gasteiger partial charge in [-0.25, -0.2) is 8.78 Å². The van der Waals surface area contributed by atoms with Gasteiger partial charge in [0.05, 0.1) is 12.2 Å². The first-order valence-corrected chi connectivity index (χ1v) is 6.62. The summed E-state index contributed by atoms with van der Waals surface area (Å²) in [7, 11) is 0. The fourth-order valence-electron chi connectivity index (χ4n) is 1.83. The minimum atomic E-state index is -0.913. The molecule has 0 aromatic heterocycles. The molecule has 0 bridgehead atoms. The van der Waals surface area contributed by atoms with Crippen LogP contribution in [0.3, 0.4) is 0 Å². The van der Waals surface area contributed by atoms with Crippen LogP contribution in [0.25, 0.3) is 0 Å². The third kappa shape index (κ3) is 3.79. The molecule has 0 unspecified atom stereocenters. The number of carbonyl (C=O) groups is 1. The van der Waals surface area contributed by atoms with Crippen molar-refractivity contribution in [3.8, 4) is 5.75 Å². The number of aliphatic hydroxyl groups is 1. The van der Waals surface area contributed by atoms with Crippen molar-refractivity contribution in [1.82, 2.24) is 0 Å². The van der Waals surface area contributed by atoms with Crippen LogP contribution in [0.15, 0.2) is 36.4 Å². The van der Waals surface area contributed by atoms with Crippen molar-refractivity contribution in [3.05, 3.63) is 59.2 Å². The maximum Gasteiger partial charge on any atom is 0.258 e. The van der Waals surface area contributed by atoms with Gasteiger partial charge in [-0.15, -0.1) is 0 Å². The fourth-order valence-corrected chi connectivity index (χ4v) is 1.83. The second-order valence-electron chi connectivity index (χ2n) is 4.63. The van der Waals surface area contributed by atoms with Gasteiger partial charge in [0.2, 0.25) is 0 Å². The average molecular weight is 307 g/mol. The van der Waals surface area contributed by atoms with Crippen LogP contribution in [0.1, 0.15) is 15.9 Å². The van der Waals surface area contributed by atoms with Gasteiger partial charge in [-0.1, -0.05) is 0 Å². The number of nitrogens with one attached hydrogen (secondary N) is 1. The summed E-state index contributed by atoms with van der Waals surface area (Å²) in [6.45, 7) is 1.53. The zero-order chi connectivity index (χ0) is 16.1. The van der Waals surface area contributed by atoms with E-state index in [1.54, 1.807) is 24.3 Å². The van der Waals surface area contributed by atoms with Gasteiger partial charge in [0.1, 0.15) is 24.0 Å². The molecular formula is C16H15F2NO3. The molecule has 22 heavy (non-hydrogen) atoms. The molecule has 2 rings (SSSR count). The molecule has 2 aromatic carbocycles. The summed E-state index contributed by atoms with van der Waals surface area (Å²) < 4.78 is 32.0. The summed E-state index contributed by atoms with van der Waals surface area (Å²) in [6, 6.07) is 8.24. The van der Waals surface area contributed by atoms with Gasteiger partial charge in [0, 0.05) is 11.8 Å². The third-order valence-corrected chi connectivity index (χ3v) is 2.97. The molecule has 0 heterocycles. The number of rotatable bonds is 5. The highest BCUT2D eigenvalue weighted by Crippen LogP contribution is 2.19. The van der Waals surface area contributed by atoms with E-state index in [4.69, 9.17) is 9.84 Å². The Bertz CT molecular complexity index is 672. The Morgan fingerprint density at radius 1 is 1.18 bits per heavy atom. The number of hydrogen-bond donors (Lipinski definition) is 2. The minimum Gasteiger partial charge on any atom is -0.491 e. The van der Waals surface area contributed by atoms with Crippen LogP contribution in [0, 0.1) is 18.6 Å². The zero-order valence-electron chi connectivity index (χ0n) is 11.9. The van der Waals surface area contributed by atoms with E-state index in [1.165, 1.54) is 13.0 Å². The van der Waals surface area contributed by atoms with Gasteiger partial charge in [-0.2, -0.15) is 0 Å². The zero-order valence-corrected chi connectivity index (χ0v) is 11.9. The van der Waals surface area contributed by atoms with Crippen LogP contribution in [0.2, 0.25) is 0 Å². The van der Waals surface area contributed by atoms with Crippen molar-refractivity contribution in [2.24, 2.45) is 0 Å². The molecule has 0 aliphatic rings. The number of carbonyl (C=O) groups excluding carboxylic acids is 1. The lowest BCUT2D eigenvalue weighted by Gasteiger charge is -2.09. The van der Waals surface area contributed by atoms with Gasteiger partial charge in [-0.05, 0) is 42.8 Å². The molecule has 1 amide bonds. The number of hydrogen-bond acceptors (Lipinski definition) is 3. The molecule has 0 atom stereocenters. The second-order valence-corrected chi connectivity index (χ2v) is 4.63. The Kier molecular flexibility index (Phi) is 5.06. The fraction of sp³-hybridized carbons (Fsp3) is 0.188. The minimum absolute atomic E-state index is 0.0956. The maximum absolute atomic E-state index is 13.6. The number of anilines is 1. The van der Waals surface area contributed by atoms with E-state index in [9.17, 15) is 13.6 Å². The molecule has 0 spiro atoms. The number of aliphatic hydroxyl groups excluding tert-OH is 1. The maximum atomic E-state index is 13.6. The largest absolute Gasteiger partial charge is 0.491 e. The Balaban J connectivity index is 2.10. The summed E-state index contributed by atoms with van der Waals surface area (Å²) in [4.78, 5) is 12.0. The van der Waals surface area contributed by atoms with Crippen molar-refractivity contribution in [2.75, 3.05) is 18.5 Å². The number of halogens is 2. The highest BCUT2D eigenvalue weighted by atomic mass is 19.1. The van der Waals surface area contributed by atoms with Crippen molar-refractivity contribution in [3.63, 3.8) is 0 Å². The molecule has 116 valence electrons. The van der Waals surface area contributed by atoms with Crippen LogP contribution < -0.4 is 10.1 Å². The molecule has 4 nitrogen and oxygen atoms in total. The van der Waals surface area contributed by atoms with Crippen LogP contribution in [-0.4, -0.2) is 24.2 Å². The number of ether oxygens (including phenoxy) is 1. The van der Waals surface area contributed by atoms with E-state index in [0.29, 0.717) is 17.5 Å². The van der Waals surface area contributed by atoms with Crippen molar-refractivity contribution < 1.29 is 23.4 Å². The van der Waals surface area contributed by atoms with Crippen LogP contribution in [0.4, 0.5) is 14.5 Å². The van der Waals surface area contributed by atoms with E-state index >= 15 is 0 Å². The van der Waals surface area contributed by atoms with Gasteiger partial charge in [0.15, 0.2) is 0 Å². The first-order valence-electron chi connectivity index (χ1n) is 6.62. The van der Waals surface area contributed by atoms with Crippen molar-refractivity contribution in [1.29, 1.82) is 0 Å². The summed E-state index contributed by atoms with van der Waals surface area (Å²) in [6.07, 6.45) is 0. The smallest absolute Gasteiger partial charge is 0.258 e. The van der Waals surface area contributed by atoms with Gasteiger partial charge in [-0.3, -0.25) is 4.79 Å². The molecule has 0 aliphatic heterocycles. The molecule has 0 fully saturated rings. The van der Waals surface area contributed by atoms with Crippen molar-refractivity contribution >= 4 is 11.6 Å². The highest BCUT2D eigenvalue weighted by Gasteiger charge is 2.14. The number of amides is 1. The highest BCUT2D eigenvalue weighted by molar-refractivity contribution is 6.04. The Morgan fingerprint density at radius 2 is 1.86 bits per heavy atom. The molecule has 0 radical (unpaired) electrons. The molecule has 0 aliphatic carbocycles. The quantitative estimate of drug-likeness (QED) is 0.893. The monoisotopic (exact) mass is 307 g/mol. The number of aryl methyl sites for hydroxylation is 1. The predicted octanol–water partition coefficient (Wildman–Crippen LogP) is 2.90. The summed E-state index contributed by atoms with van der Waals surface area (Å²) >= 11 is 0. The van der Waals surface area contributed by atoms with E-state index in [1.807, 2.05) is 0 Å². The topological polar surface area (TPSA) is 58.6 Å². The van der Waals surface area contributed by atoms with E-state index in [2.05, 4.69) is 5.32 Å². The summed E-state index contributed by atoms with van der Waals surface area (Å²) in [5, 5.41) is 11.2. The van der Waals surface area contributed by atoms with E-state index in [0.717, 1.165) is 0 Å². The first-order chi connectivity index (χ1) is 10.5. The molecule has 6 heteroatoms. The van der Waals surface area contributed by atoms with Gasteiger partial charge < -0.3 is 15.2 Å². The molecule has 2 N–H and O–H groups in total.